The molecule has 1 amide bonds. The maximum Gasteiger partial charge on any atom is 0.325 e. The third kappa shape index (κ3) is 4.22. The molecule has 1 aromatic heterocycles. The molecule has 0 bridgehead atoms. The Bertz CT molecular complexity index is 900. The van der Waals surface area contributed by atoms with Crippen molar-refractivity contribution in [3.05, 3.63) is 61.9 Å². The number of hydrogen-bond donors (Lipinski definition) is 3. The van der Waals surface area contributed by atoms with E-state index in [1.165, 1.54) is 11.3 Å². The average Bonchev–Trinajstić information content (AvgIpc) is 2.62. The van der Waals surface area contributed by atoms with Gasteiger partial charge in [-0.05, 0) is 37.8 Å². The van der Waals surface area contributed by atoms with E-state index in [4.69, 9.17) is 0 Å². The third-order valence-corrected chi connectivity index (χ3v) is 4.73. The third-order valence-electron chi connectivity index (χ3n) is 4.73. The van der Waals surface area contributed by atoms with Gasteiger partial charge in [0.2, 0.25) is 5.91 Å². The number of fused-ring (bicyclic) bond motifs is 1. The van der Waals surface area contributed by atoms with Gasteiger partial charge in [-0.25, -0.2) is 4.79 Å². The normalized spacial score (nSPS) is 13.3. The molecule has 0 radical (unpaired) electrons. The molecule has 3 N–H and O–H groups in total. The van der Waals surface area contributed by atoms with Gasteiger partial charge in [0.15, 0.2) is 0 Å². The molecule has 2 aromatic rings. The number of nitrogens with one attached hydrogen (secondary N) is 3. The van der Waals surface area contributed by atoms with Crippen molar-refractivity contribution in [2.75, 3.05) is 24.5 Å². The molecule has 3 rings (SSSR count). The Kier molecular flexibility index (Phi) is 5.55. The summed E-state index contributed by atoms with van der Waals surface area (Å²) >= 11 is 0. The zero-order valence-electron chi connectivity index (χ0n) is 14.9. The fraction of sp³-hybridized carbons (Fsp3) is 0.421. The molecule has 0 unspecified atom stereocenters. The maximum absolute atomic E-state index is 12.1. The summed E-state index contributed by atoms with van der Waals surface area (Å²) in [6.07, 6.45) is 3.07. The minimum Gasteiger partial charge on any atom is -0.371 e. The number of carbonyl (C=O) groups excluding carboxylic acids is 1. The van der Waals surface area contributed by atoms with Crippen LogP contribution >= 0.6 is 0 Å². The summed E-state index contributed by atoms with van der Waals surface area (Å²) in [5.41, 5.74) is 2.34. The molecule has 26 heavy (non-hydrogen) atoms. The van der Waals surface area contributed by atoms with Crippen molar-refractivity contribution >= 4 is 11.6 Å². The van der Waals surface area contributed by atoms with Crippen LogP contribution in [0, 0.1) is 6.92 Å². The molecular formula is C19H24N4O3. The number of nitrogens with zero attached hydrogens (tertiary/aromatic N) is 1. The fourth-order valence-electron chi connectivity index (χ4n) is 3.40. The second-order valence-corrected chi connectivity index (χ2v) is 6.61. The number of benzene rings is 1. The number of carbonyl (C=O) groups is 1. The minimum atomic E-state index is -0.557. The van der Waals surface area contributed by atoms with Gasteiger partial charge < -0.3 is 15.2 Å². The summed E-state index contributed by atoms with van der Waals surface area (Å²) in [6, 6.07) is 8.46. The standard InChI is InChI=1S/C19H24N4O3/c1-13-15(18(25)22-19(26)21-13)12-17(24)20-9-5-11-23-10-4-7-14-6-2-3-8-16(14)23/h2-3,6,8H,4-5,7,9-12H2,1H3,(H,20,24)(H2,21,22,25,26). The topological polar surface area (TPSA) is 98.1 Å². The van der Waals surface area contributed by atoms with Crippen molar-refractivity contribution < 1.29 is 4.79 Å². The first kappa shape index (κ1) is 18.0. The highest BCUT2D eigenvalue weighted by Crippen LogP contribution is 2.26. The van der Waals surface area contributed by atoms with E-state index in [2.05, 4.69) is 44.5 Å². The fourth-order valence-corrected chi connectivity index (χ4v) is 3.40. The Hall–Kier alpha value is -2.83. The summed E-state index contributed by atoms with van der Waals surface area (Å²) in [6.45, 7) is 4.09. The molecule has 0 aliphatic carbocycles. The molecular weight excluding hydrogens is 332 g/mol. The molecule has 7 nitrogen and oxygen atoms in total. The number of rotatable bonds is 6. The lowest BCUT2D eigenvalue weighted by molar-refractivity contribution is -0.120. The highest BCUT2D eigenvalue weighted by atomic mass is 16.2. The van der Waals surface area contributed by atoms with Gasteiger partial charge in [-0.3, -0.25) is 14.6 Å². The van der Waals surface area contributed by atoms with Gasteiger partial charge in [0.25, 0.3) is 5.56 Å². The monoisotopic (exact) mass is 356 g/mol. The van der Waals surface area contributed by atoms with E-state index in [-0.39, 0.29) is 12.3 Å². The number of aryl methyl sites for hydroxylation is 2. The van der Waals surface area contributed by atoms with Gasteiger partial charge in [0.05, 0.1) is 6.42 Å². The number of H-pyrrole nitrogens is 2. The van der Waals surface area contributed by atoms with Crippen molar-refractivity contribution in [3.8, 4) is 0 Å². The predicted molar refractivity (Wildman–Crippen MR) is 101 cm³/mol. The number of aromatic amines is 2. The van der Waals surface area contributed by atoms with E-state index in [1.807, 2.05) is 0 Å². The average molecular weight is 356 g/mol. The van der Waals surface area contributed by atoms with Crippen LogP contribution in [0.15, 0.2) is 33.9 Å². The van der Waals surface area contributed by atoms with Gasteiger partial charge in [0.1, 0.15) is 0 Å². The first-order valence-corrected chi connectivity index (χ1v) is 8.96. The Balaban J connectivity index is 1.48. The van der Waals surface area contributed by atoms with Crippen LogP contribution in [0.1, 0.15) is 29.7 Å². The van der Waals surface area contributed by atoms with E-state index < -0.39 is 11.2 Å². The Labute approximate surface area is 151 Å². The first-order valence-electron chi connectivity index (χ1n) is 8.96. The molecule has 138 valence electrons. The van der Waals surface area contributed by atoms with Crippen LogP contribution in [0.3, 0.4) is 0 Å². The number of aromatic nitrogens is 2. The van der Waals surface area contributed by atoms with Crippen LogP contribution in [0.5, 0.6) is 0 Å². The van der Waals surface area contributed by atoms with Crippen LogP contribution in [0.2, 0.25) is 0 Å². The van der Waals surface area contributed by atoms with Crippen LogP contribution in [-0.2, 0) is 17.6 Å². The predicted octanol–water partition coefficient (Wildman–Crippen LogP) is 0.873. The van der Waals surface area contributed by atoms with E-state index in [9.17, 15) is 14.4 Å². The highest BCUT2D eigenvalue weighted by molar-refractivity contribution is 5.78. The second-order valence-electron chi connectivity index (χ2n) is 6.61. The van der Waals surface area contributed by atoms with Gasteiger partial charge >= 0.3 is 5.69 Å². The second kappa shape index (κ2) is 8.03. The van der Waals surface area contributed by atoms with Crippen molar-refractivity contribution in [1.29, 1.82) is 0 Å². The molecule has 2 heterocycles. The molecule has 7 heteroatoms. The molecule has 0 fully saturated rings. The first-order chi connectivity index (χ1) is 12.5. The molecule has 0 atom stereocenters. The number of para-hydroxylation sites is 1. The van der Waals surface area contributed by atoms with Gasteiger partial charge in [-0.1, -0.05) is 18.2 Å². The van der Waals surface area contributed by atoms with Gasteiger partial charge in [-0.15, -0.1) is 0 Å². The van der Waals surface area contributed by atoms with E-state index in [0.29, 0.717) is 17.8 Å². The Morgan fingerprint density at radius 3 is 2.85 bits per heavy atom. The molecule has 1 aliphatic heterocycles. The number of amides is 1. The molecule has 0 spiro atoms. The van der Waals surface area contributed by atoms with E-state index >= 15 is 0 Å². The quantitative estimate of drug-likeness (QED) is 0.669. The Morgan fingerprint density at radius 1 is 1.23 bits per heavy atom. The summed E-state index contributed by atoms with van der Waals surface area (Å²) in [4.78, 5) is 42.1. The van der Waals surface area contributed by atoms with E-state index in [1.54, 1.807) is 6.92 Å². The Morgan fingerprint density at radius 2 is 2.04 bits per heavy atom. The summed E-state index contributed by atoms with van der Waals surface area (Å²) in [7, 11) is 0. The van der Waals surface area contributed by atoms with Crippen LogP contribution in [0.4, 0.5) is 5.69 Å². The zero-order chi connectivity index (χ0) is 18.5. The summed E-state index contributed by atoms with van der Waals surface area (Å²) in [5, 5.41) is 2.85. The lowest BCUT2D eigenvalue weighted by Gasteiger charge is -2.31. The van der Waals surface area contributed by atoms with Crippen molar-refractivity contribution in [2.24, 2.45) is 0 Å². The zero-order valence-corrected chi connectivity index (χ0v) is 14.9. The van der Waals surface area contributed by atoms with Gasteiger partial charge in [-0.2, -0.15) is 0 Å². The minimum absolute atomic E-state index is 0.0372. The van der Waals surface area contributed by atoms with E-state index in [0.717, 1.165) is 32.4 Å². The van der Waals surface area contributed by atoms with Gasteiger partial charge in [0, 0.05) is 36.6 Å². The van der Waals surface area contributed by atoms with Crippen molar-refractivity contribution in [1.82, 2.24) is 15.3 Å². The lowest BCUT2D eigenvalue weighted by atomic mass is 10.0. The van der Waals surface area contributed by atoms with Crippen molar-refractivity contribution in [2.45, 2.75) is 32.6 Å². The molecule has 0 saturated heterocycles. The van der Waals surface area contributed by atoms with Crippen molar-refractivity contribution in [3.63, 3.8) is 0 Å². The SMILES string of the molecule is Cc1[nH]c(=O)[nH]c(=O)c1CC(=O)NCCCN1CCCc2ccccc21. The van der Waals surface area contributed by atoms with Crippen LogP contribution in [0.25, 0.3) is 0 Å². The maximum atomic E-state index is 12.1. The molecule has 1 aromatic carbocycles. The largest absolute Gasteiger partial charge is 0.371 e. The number of hydrogen-bond acceptors (Lipinski definition) is 4. The smallest absolute Gasteiger partial charge is 0.325 e. The number of anilines is 1. The molecule has 0 saturated carbocycles. The summed E-state index contributed by atoms with van der Waals surface area (Å²) < 4.78 is 0. The lowest BCUT2D eigenvalue weighted by Crippen LogP contribution is -2.35. The molecule has 1 aliphatic rings. The summed E-state index contributed by atoms with van der Waals surface area (Å²) in [5.74, 6) is -0.218. The van der Waals surface area contributed by atoms with Crippen LogP contribution < -0.4 is 21.5 Å². The van der Waals surface area contributed by atoms with Crippen LogP contribution in [-0.4, -0.2) is 35.5 Å². The highest BCUT2D eigenvalue weighted by Gasteiger charge is 2.16.